The Labute approximate surface area is 125 Å². The highest BCUT2D eigenvalue weighted by Gasteiger charge is 2.43. The van der Waals surface area contributed by atoms with E-state index in [0.717, 1.165) is 5.56 Å². The van der Waals surface area contributed by atoms with Crippen molar-refractivity contribution in [1.29, 1.82) is 0 Å². The average molecular weight is 300 g/mol. The SMILES string of the molecule is COc1ccc(CNC(C)(C)C(C)(C)C(=O)O)c(Cl)c1. The van der Waals surface area contributed by atoms with E-state index in [0.29, 0.717) is 17.3 Å². The Kier molecular flexibility index (Phi) is 5.05. The number of methoxy groups -OCH3 is 1. The standard InChI is InChI=1S/C15H22ClNO3/c1-14(2,13(18)19)15(3,4)17-9-10-6-7-11(20-5)8-12(10)16/h6-8,17H,9H2,1-5H3,(H,18,19). The van der Waals surface area contributed by atoms with Gasteiger partial charge < -0.3 is 15.2 Å². The molecule has 2 N–H and O–H groups in total. The van der Waals surface area contributed by atoms with Crippen LogP contribution in [0.4, 0.5) is 0 Å². The Hall–Kier alpha value is -1.26. The zero-order chi connectivity index (χ0) is 15.6. The molecule has 0 aliphatic carbocycles. The van der Waals surface area contributed by atoms with Crippen molar-refractivity contribution in [3.63, 3.8) is 0 Å². The van der Waals surface area contributed by atoms with Gasteiger partial charge in [-0.1, -0.05) is 17.7 Å². The number of halogens is 1. The topological polar surface area (TPSA) is 58.6 Å². The third kappa shape index (κ3) is 3.44. The fourth-order valence-corrected chi connectivity index (χ4v) is 1.84. The average Bonchev–Trinajstić information content (AvgIpc) is 2.36. The minimum atomic E-state index is -0.897. The fraction of sp³-hybridized carbons (Fsp3) is 0.533. The highest BCUT2D eigenvalue weighted by molar-refractivity contribution is 6.31. The molecule has 0 heterocycles. The van der Waals surface area contributed by atoms with Crippen LogP contribution in [0.2, 0.25) is 5.02 Å². The van der Waals surface area contributed by atoms with Gasteiger partial charge in [-0.05, 0) is 45.4 Å². The van der Waals surface area contributed by atoms with Gasteiger partial charge in [-0.15, -0.1) is 0 Å². The van der Waals surface area contributed by atoms with E-state index in [-0.39, 0.29) is 0 Å². The van der Waals surface area contributed by atoms with Crippen molar-refractivity contribution in [2.75, 3.05) is 7.11 Å². The summed E-state index contributed by atoms with van der Waals surface area (Å²) in [6.07, 6.45) is 0. The van der Waals surface area contributed by atoms with Gasteiger partial charge in [-0.3, -0.25) is 4.79 Å². The van der Waals surface area contributed by atoms with Crippen LogP contribution in [0.25, 0.3) is 0 Å². The van der Waals surface area contributed by atoms with Crippen LogP contribution < -0.4 is 10.1 Å². The van der Waals surface area contributed by atoms with Gasteiger partial charge in [0.2, 0.25) is 0 Å². The summed E-state index contributed by atoms with van der Waals surface area (Å²) in [7, 11) is 1.59. The summed E-state index contributed by atoms with van der Waals surface area (Å²) in [5.74, 6) is -0.139. The van der Waals surface area contributed by atoms with Crippen LogP contribution in [0, 0.1) is 5.41 Å². The maximum atomic E-state index is 11.3. The van der Waals surface area contributed by atoms with Gasteiger partial charge in [0.1, 0.15) is 5.75 Å². The van der Waals surface area contributed by atoms with Crippen molar-refractivity contribution >= 4 is 17.6 Å². The molecule has 1 aromatic carbocycles. The summed E-state index contributed by atoms with van der Waals surface area (Å²) >= 11 is 6.18. The molecule has 0 aliphatic rings. The second-order valence-corrected chi connectivity index (χ2v) is 6.27. The Morgan fingerprint density at radius 3 is 2.40 bits per heavy atom. The molecule has 0 radical (unpaired) electrons. The number of hydrogen-bond acceptors (Lipinski definition) is 3. The molecule has 20 heavy (non-hydrogen) atoms. The fourth-order valence-electron chi connectivity index (χ4n) is 1.60. The first kappa shape index (κ1) is 16.8. The largest absolute Gasteiger partial charge is 0.497 e. The Bertz CT molecular complexity index is 498. The van der Waals surface area contributed by atoms with E-state index < -0.39 is 16.9 Å². The lowest BCUT2D eigenvalue weighted by Crippen LogP contribution is -2.54. The summed E-state index contributed by atoms with van der Waals surface area (Å²) in [5, 5.41) is 13.2. The summed E-state index contributed by atoms with van der Waals surface area (Å²) in [6.45, 7) is 7.65. The minimum absolute atomic E-state index is 0.493. The normalized spacial score (nSPS) is 12.3. The van der Waals surface area contributed by atoms with Gasteiger partial charge in [0.25, 0.3) is 0 Å². The van der Waals surface area contributed by atoms with Gasteiger partial charge in [0.15, 0.2) is 0 Å². The number of hydrogen-bond donors (Lipinski definition) is 2. The zero-order valence-electron chi connectivity index (χ0n) is 12.6. The lowest BCUT2D eigenvalue weighted by Gasteiger charge is -2.39. The Morgan fingerprint density at radius 2 is 1.95 bits per heavy atom. The van der Waals surface area contributed by atoms with Crippen LogP contribution in [0.1, 0.15) is 33.3 Å². The lowest BCUT2D eigenvalue weighted by atomic mass is 9.74. The highest BCUT2D eigenvalue weighted by Crippen LogP contribution is 2.31. The molecular weight excluding hydrogens is 278 g/mol. The summed E-state index contributed by atoms with van der Waals surface area (Å²) < 4.78 is 5.10. The minimum Gasteiger partial charge on any atom is -0.497 e. The molecule has 0 spiro atoms. The molecule has 0 atom stereocenters. The van der Waals surface area contributed by atoms with Crippen LogP contribution in [-0.4, -0.2) is 23.7 Å². The molecule has 0 aromatic heterocycles. The maximum Gasteiger partial charge on any atom is 0.310 e. The van der Waals surface area contributed by atoms with Crippen molar-refractivity contribution < 1.29 is 14.6 Å². The number of nitrogens with one attached hydrogen (secondary N) is 1. The van der Waals surface area contributed by atoms with Gasteiger partial charge in [-0.2, -0.15) is 0 Å². The van der Waals surface area contributed by atoms with Gasteiger partial charge in [0, 0.05) is 17.1 Å². The smallest absolute Gasteiger partial charge is 0.310 e. The first-order valence-electron chi connectivity index (χ1n) is 6.42. The molecule has 0 saturated heterocycles. The third-order valence-electron chi connectivity index (χ3n) is 4.08. The second-order valence-electron chi connectivity index (χ2n) is 5.87. The monoisotopic (exact) mass is 299 g/mol. The van der Waals surface area contributed by atoms with Gasteiger partial charge in [0.05, 0.1) is 12.5 Å². The highest BCUT2D eigenvalue weighted by atomic mass is 35.5. The predicted octanol–water partition coefficient (Wildman–Crippen LogP) is 3.33. The molecule has 0 unspecified atom stereocenters. The molecule has 1 rings (SSSR count). The molecule has 1 aromatic rings. The van der Waals surface area contributed by atoms with Crippen LogP contribution in [0.5, 0.6) is 5.75 Å². The van der Waals surface area contributed by atoms with Gasteiger partial charge in [-0.25, -0.2) is 0 Å². The van der Waals surface area contributed by atoms with E-state index in [4.69, 9.17) is 16.3 Å². The van der Waals surface area contributed by atoms with Crippen LogP contribution in [-0.2, 0) is 11.3 Å². The van der Waals surface area contributed by atoms with E-state index in [1.807, 2.05) is 26.0 Å². The van der Waals surface area contributed by atoms with Gasteiger partial charge >= 0.3 is 5.97 Å². The van der Waals surface area contributed by atoms with Crippen molar-refractivity contribution in [2.24, 2.45) is 5.41 Å². The van der Waals surface area contributed by atoms with E-state index in [9.17, 15) is 9.90 Å². The Morgan fingerprint density at radius 1 is 1.35 bits per heavy atom. The van der Waals surface area contributed by atoms with Crippen LogP contribution in [0.3, 0.4) is 0 Å². The van der Waals surface area contributed by atoms with Crippen molar-refractivity contribution in [1.82, 2.24) is 5.32 Å². The molecule has 5 heteroatoms. The van der Waals surface area contributed by atoms with Crippen molar-refractivity contribution in [2.45, 2.75) is 39.8 Å². The van der Waals surface area contributed by atoms with E-state index in [2.05, 4.69) is 5.32 Å². The Balaban J connectivity index is 2.84. The zero-order valence-corrected chi connectivity index (χ0v) is 13.3. The number of benzene rings is 1. The molecule has 0 bridgehead atoms. The first-order chi connectivity index (χ1) is 9.11. The first-order valence-corrected chi connectivity index (χ1v) is 6.80. The number of carboxylic acid groups (broad SMARTS) is 1. The number of carbonyl (C=O) groups is 1. The number of ether oxygens (including phenoxy) is 1. The number of carboxylic acids is 1. The molecule has 0 fully saturated rings. The van der Waals surface area contributed by atoms with E-state index in [1.165, 1.54) is 0 Å². The second kappa shape index (κ2) is 6.02. The maximum absolute atomic E-state index is 11.3. The van der Waals surface area contributed by atoms with Crippen molar-refractivity contribution in [3.05, 3.63) is 28.8 Å². The molecule has 4 nitrogen and oxygen atoms in total. The summed E-state index contributed by atoms with van der Waals surface area (Å²) in [5.41, 5.74) is -0.574. The molecule has 0 aliphatic heterocycles. The molecule has 0 saturated carbocycles. The molecule has 112 valence electrons. The predicted molar refractivity (Wildman–Crippen MR) is 80.3 cm³/mol. The van der Waals surface area contributed by atoms with E-state index in [1.54, 1.807) is 27.0 Å². The molecular formula is C15H22ClNO3. The van der Waals surface area contributed by atoms with Crippen LogP contribution in [0.15, 0.2) is 18.2 Å². The quantitative estimate of drug-likeness (QED) is 0.846. The summed E-state index contributed by atoms with van der Waals surface area (Å²) in [6, 6.07) is 5.45. The third-order valence-corrected chi connectivity index (χ3v) is 4.43. The molecule has 0 amide bonds. The van der Waals surface area contributed by atoms with E-state index >= 15 is 0 Å². The summed E-state index contributed by atoms with van der Waals surface area (Å²) in [4.78, 5) is 11.3. The lowest BCUT2D eigenvalue weighted by molar-refractivity contribution is -0.151. The van der Waals surface area contributed by atoms with Crippen molar-refractivity contribution in [3.8, 4) is 5.75 Å². The number of rotatable bonds is 6. The number of aliphatic carboxylic acids is 1. The van der Waals surface area contributed by atoms with Crippen LogP contribution >= 0.6 is 11.6 Å².